The van der Waals surface area contributed by atoms with Crippen molar-refractivity contribution in [3.8, 4) is 0 Å². The minimum Gasteiger partial charge on any atom is -0.383 e. The standard InChI is InChI=1S/C12H16ClN3O4/c1-20-8-7-14-11(17)5-6-15-12-9(13)3-2-4-10(12)16(18)19/h2-4,15H,5-8H2,1H3,(H,14,17). The molecular formula is C12H16ClN3O4. The van der Waals surface area contributed by atoms with Gasteiger partial charge in [-0.15, -0.1) is 0 Å². The maximum absolute atomic E-state index is 11.4. The molecule has 0 fully saturated rings. The zero-order valence-corrected chi connectivity index (χ0v) is 11.8. The lowest BCUT2D eigenvalue weighted by molar-refractivity contribution is -0.383. The summed E-state index contributed by atoms with van der Waals surface area (Å²) in [6.45, 7) is 1.13. The van der Waals surface area contributed by atoms with Gasteiger partial charge in [0.25, 0.3) is 5.69 Å². The second kappa shape index (κ2) is 8.34. The number of methoxy groups -OCH3 is 1. The summed E-state index contributed by atoms with van der Waals surface area (Å²) < 4.78 is 4.80. The van der Waals surface area contributed by atoms with E-state index in [4.69, 9.17) is 16.3 Å². The smallest absolute Gasteiger partial charge is 0.293 e. The van der Waals surface area contributed by atoms with Crippen LogP contribution in [0.5, 0.6) is 0 Å². The molecule has 1 aromatic rings. The molecule has 1 amide bonds. The Balaban J connectivity index is 2.50. The third-order valence-electron chi connectivity index (χ3n) is 2.47. The molecule has 0 bridgehead atoms. The highest BCUT2D eigenvalue weighted by molar-refractivity contribution is 6.33. The van der Waals surface area contributed by atoms with Crippen LogP contribution in [0.2, 0.25) is 5.02 Å². The van der Waals surface area contributed by atoms with Gasteiger partial charge in [0.15, 0.2) is 0 Å². The van der Waals surface area contributed by atoms with Crippen molar-refractivity contribution in [2.45, 2.75) is 6.42 Å². The third kappa shape index (κ3) is 5.02. The Kier molecular flexibility index (Phi) is 6.75. The van der Waals surface area contributed by atoms with Gasteiger partial charge in [-0.1, -0.05) is 17.7 Å². The fraction of sp³-hybridized carbons (Fsp3) is 0.417. The van der Waals surface area contributed by atoms with E-state index in [9.17, 15) is 14.9 Å². The monoisotopic (exact) mass is 301 g/mol. The van der Waals surface area contributed by atoms with E-state index in [1.54, 1.807) is 13.2 Å². The largest absolute Gasteiger partial charge is 0.383 e. The number of amides is 1. The molecule has 110 valence electrons. The lowest BCUT2D eigenvalue weighted by atomic mass is 10.2. The second-order valence-corrected chi connectivity index (χ2v) is 4.32. The van der Waals surface area contributed by atoms with Crippen LogP contribution in [0.15, 0.2) is 18.2 Å². The number of rotatable bonds is 8. The molecule has 0 aliphatic rings. The van der Waals surface area contributed by atoms with Gasteiger partial charge in [0.05, 0.1) is 16.6 Å². The first-order chi connectivity index (χ1) is 9.56. The molecule has 0 spiro atoms. The highest BCUT2D eigenvalue weighted by Crippen LogP contribution is 2.31. The van der Waals surface area contributed by atoms with Crippen LogP contribution < -0.4 is 10.6 Å². The van der Waals surface area contributed by atoms with E-state index in [2.05, 4.69) is 10.6 Å². The normalized spacial score (nSPS) is 10.1. The van der Waals surface area contributed by atoms with E-state index in [0.717, 1.165) is 0 Å². The number of anilines is 1. The Morgan fingerprint density at radius 1 is 1.45 bits per heavy atom. The molecule has 0 atom stereocenters. The van der Waals surface area contributed by atoms with E-state index in [0.29, 0.717) is 13.2 Å². The van der Waals surface area contributed by atoms with Crippen molar-refractivity contribution < 1.29 is 14.5 Å². The van der Waals surface area contributed by atoms with Gasteiger partial charge in [0.1, 0.15) is 5.69 Å². The third-order valence-corrected chi connectivity index (χ3v) is 2.79. The van der Waals surface area contributed by atoms with Gasteiger partial charge in [-0.05, 0) is 6.07 Å². The minimum absolute atomic E-state index is 0.114. The number of ether oxygens (including phenoxy) is 1. The Hall–Kier alpha value is -1.86. The molecule has 0 saturated carbocycles. The molecule has 0 unspecified atom stereocenters. The molecule has 2 N–H and O–H groups in total. The number of nitro benzene ring substituents is 1. The number of nitrogens with one attached hydrogen (secondary N) is 2. The first-order valence-corrected chi connectivity index (χ1v) is 6.36. The van der Waals surface area contributed by atoms with Gasteiger partial charge in [-0.25, -0.2) is 0 Å². The molecule has 0 aliphatic heterocycles. The molecule has 7 nitrogen and oxygen atoms in total. The van der Waals surface area contributed by atoms with Crippen molar-refractivity contribution in [2.75, 3.05) is 32.1 Å². The van der Waals surface area contributed by atoms with Crippen molar-refractivity contribution in [3.63, 3.8) is 0 Å². The second-order valence-electron chi connectivity index (χ2n) is 3.91. The lowest BCUT2D eigenvalue weighted by Crippen LogP contribution is -2.28. The summed E-state index contributed by atoms with van der Waals surface area (Å²) in [5, 5.41) is 16.6. The summed E-state index contributed by atoms with van der Waals surface area (Å²) in [5.74, 6) is -0.163. The van der Waals surface area contributed by atoms with Crippen molar-refractivity contribution in [1.82, 2.24) is 5.32 Å². The van der Waals surface area contributed by atoms with Crippen LogP contribution in [0, 0.1) is 10.1 Å². The number of hydrogen-bond donors (Lipinski definition) is 2. The van der Waals surface area contributed by atoms with Crippen LogP contribution >= 0.6 is 11.6 Å². The Morgan fingerprint density at radius 3 is 2.85 bits per heavy atom. The van der Waals surface area contributed by atoms with E-state index in [1.807, 2.05) is 0 Å². The molecule has 0 aliphatic carbocycles. The van der Waals surface area contributed by atoms with Crippen LogP contribution in [0.25, 0.3) is 0 Å². The molecule has 0 aromatic heterocycles. The number of nitrogens with zero attached hydrogens (tertiary/aromatic N) is 1. The number of para-hydroxylation sites is 1. The molecule has 0 heterocycles. The minimum atomic E-state index is -0.521. The Morgan fingerprint density at radius 2 is 2.20 bits per heavy atom. The maximum atomic E-state index is 11.4. The SMILES string of the molecule is COCCNC(=O)CCNc1c(Cl)cccc1[N+](=O)[O-]. The summed E-state index contributed by atoms with van der Waals surface area (Å²) in [5.41, 5.74) is 0.112. The summed E-state index contributed by atoms with van der Waals surface area (Å²) in [6, 6.07) is 4.41. The molecule has 20 heavy (non-hydrogen) atoms. The highest BCUT2D eigenvalue weighted by Gasteiger charge is 2.16. The average molecular weight is 302 g/mol. The zero-order valence-electron chi connectivity index (χ0n) is 11.0. The number of carbonyl (C=O) groups is 1. The van der Waals surface area contributed by atoms with E-state index < -0.39 is 4.92 Å². The fourth-order valence-corrected chi connectivity index (χ4v) is 1.76. The van der Waals surface area contributed by atoms with E-state index >= 15 is 0 Å². The molecule has 0 radical (unpaired) electrons. The number of nitro groups is 1. The molecule has 1 aromatic carbocycles. The van der Waals surface area contributed by atoms with Crippen molar-refractivity contribution in [3.05, 3.63) is 33.3 Å². The first-order valence-electron chi connectivity index (χ1n) is 5.98. The summed E-state index contributed by atoms with van der Waals surface area (Å²) in [6.07, 6.45) is 0.187. The number of carbonyl (C=O) groups excluding carboxylic acids is 1. The van der Waals surface area contributed by atoms with Gasteiger partial charge in [0, 0.05) is 32.7 Å². The first kappa shape index (κ1) is 16.2. The van der Waals surface area contributed by atoms with Crippen molar-refractivity contribution in [2.24, 2.45) is 0 Å². The van der Waals surface area contributed by atoms with Crippen LogP contribution in [0.4, 0.5) is 11.4 Å². The predicted octanol–water partition coefficient (Wildman–Crippen LogP) is 1.81. The zero-order chi connectivity index (χ0) is 15.0. The highest BCUT2D eigenvalue weighted by atomic mass is 35.5. The van der Waals surface area contributed by atoms with Gasteiger partial charge in [-0.3, -0.25) is 14.9 Å². The summed E-state index contributed by atoms with van der Waals surface area (Å²) in [7, 11) is 1.55. The predicted molar refractivity (Wildman–Crippen MR) is 76.1 cm³/mol. The van der Waals surface area contributed by atoms with E-state index in [1.165, 1.54) is 12.1 Å². The van der Waals surface area contributed by atoms with Gasteiger partial charge in [0.2, 0.25) is 5.91 Å². The van der Waals surface area contributed by atoms with Gasteiger partial charge >= 0.3 is 0 Å². The van der Waals surface area contributed by atoms with Crippen LogP contribution in [0.3, 0.4) is 0 Å². The van der Waals surface area contributed by atoms with Gasteiger partial charge < -0.3 is 15.4 Å². The average Bonchev–Trinajstić information content (AvgIpc) is 2.40. The topological polar surface area (TPSA) is 93.5 Å². The van der Waals surface area contributed by atoms with Crippen LogP contribution in [0.1, 0.15) is 6.42 Å². The summed E-state index contributed by atoms with van der Waals surface area (Å²) >= 11 is 5.91. The Bertz CT molecular complexity index is 482. The molecule has 1 rings (SSSR count). The number of benzene rings is 1. The maximum Gasteiger partial charge on any atom is 0.293 e. The summed E-state index contributed by atoms with van der Waals surface area (Å²) in [4.78, 5) is 21.8. The van der Waals surface area contributed by atoms with Gasteiger partial charge in [-0.2, -0.15) is 0 Å². The molecule has 8 heteroatoms. The molecular weight excluding hydrogens is 286 g/mol. The lowest BCUT2D eigenvalue weighted by Gasteiger charge is -2.09. The Labute approximate surface area is 121 Å². The van der Waals surface area contributed by atoms with E-state index in [-0.39, 0.29) is 35.3 Å². The number of hydrogen-bond acceptors (Lipinski definition) is 5. The van der Waals surface area contributed by atoms with Crippen molar-refractivity contribution >= 4 is 28.9 Å². The number of halogens is 1. The van der Waals surface area contributed by atoms with Crippen molar-refractivity contribution in [1.29, 1.82) is 0 Å². The van der Waals surface area contributed by atoms with Crippen LogP contribution in [-0.4, -0.2) is 37.6 Å². The van der Waals surface area contributed by atoms with Crippen LogP contribution in [-0.2, 0) is 9.53 Å². The molecule has 0 saturated heterocycles. The fourth-order valence-electron chi connectivity index (χ4n) is 1.52. The quantitative estimate of drug-likeness (QED) is 0.434.